The maximum atomic E-state index is 11.8. The van der Waals surface area contributed by atoms with Gasteiger partial charge in [-0.15, -0.1) is 0 Å². The smallest absolute Gasteiger partial charge is 0.224 e. The molecule has 100 valence electrons. The van der Waals surface area contributed by atoms with E-state index in [1.807, 2.05) is 38.4 Å². The van der Waals surface area contributed by atoms with E-state index in [4.69, 9.17) is 0 Å². The lowest BCUT2D eigenvalue weighted by atomic mass is 10.1. The molecule has 18 heavy (non-hydrogen) atoms. The first kappa shape index (κ1) is 15.2. The zero-order valence-electron chi connectivity index (χ0n) is 11.1. The van der Waals surface area contributed by atoms with E-state index < -0.39 is 0 Å². The topological polar surface area (TPSA) is 32.3 Å². The number of anilines is 1. The van der Waals surface area contributed by atoms with Gasteiger partial charge in [-0.1, -0.05) is 34.1 Å². The van der Waals surface area contributed by atoms with Crippen molar-refractivity contribution < 1.29 is 4.79 Å². The molecule has 0 spiro atoms. The number of unbranched alkanes of at least 4 members (excludes halogenated alkanes) is 1. The molecular weight excluding hydrogens is 292 g/mol. The average molecular weight is 313 g/mol. The van der Waals surface area contributed by atoms with E-state index in [0.29, 0.717) is 6.42 Å². The fraction of sp³-hybridized carbons (Fsp3) is 0.500. The molecule has 0 bridgehead atoms. The van der Waals surface area contributed by atoms with Crippen LogP contribution in [0.1, 0.15) is 24.8 Å². The second kappa shape index (κ2) is 8.27. The van der Waals surface area contributed by atoms with Gasteiger partial charge in [0, 0.05) is 24.0 Å². The largest absolute Gasteiger partial charge is 0.326 e. The number of nitrogens with one attached hydrogen (secondary N) is 1. The third-order valence-corrected chi connectivity index (χ3v) is 3.13. The molecule has 1 aromatic carbocycles. The predicted molar refractivity (Wildman–Crippen MR) is 80.1 cm³/mol. The molecule has 4 heteroatoms. The highest BCUT2D eigenvalue weighted by Gasteiger charge is 2.06. The number of carbonyl (C=O) groups is 1. The summed E-state index contributed by atoms with van der Waals surface area (Å²) in [5.41, 5.74) is 2.08. The summed E-state index contributed by atoms with van der Waals surface area (Å²) in [6, 6.07) is 7.96. The molecule has 3 nitrogen and oxygen atoms in total. The average Bonchev–Trinajstić information content (AvgIpc) is 2.31. The lowest BCUT2D eigenvalue weighted by Gasteiger charge is -2.14. The highest BCUT2D eigenvalue weighted by atomic mass is 79.9. The van der Waals surface area contributed by atoms with Crippen LogP contribution in [0.25, 0.3) is 0 Å². The molecule has 0 saturated carbocycles. The molecule has 0 aliphatic heterocycles. The van der Waals surface area contributed by atoms with E-state index in [-0.39, 0.29) is 5.91 Å². The second-order valence-electron chi connectivity index (χ2n) is 4.59. The van der Waals surface area contributed by atoms with Crippen molar-refractivity contribution in [2.24, 2.45) is 0 Å². The number of para-hydroxylation sites is 1. The van der Waals surface area contributed by atoms with Gasteiger partial charge in [-0.25, -0.2) is 0 Å². The van der Waals surface area contributed by atoms with E-state index in [1.54, 1.807) is 0 Å². The first-order valence-electron chi connectivity index (χ1n) is 6.22. The first-order valence-corrected chi connectivity index (χ1v) is 7.34. The van der Waals surface area contributed by atoms with Crippen molar-refractivity contribution in [3.05, 3.63) is 29.8 Å². The lowest BCUT2D eigenvalue weighted by molar-refractivity contribution is -0.116. The number of alkyl halides is 1. The SMILES string of the molecule is CN(C)Cc1ccccc1NC(=O)CCCCBr. The van der Waals surface area contributed by atoms with Gasteiger partial charge >= 0.3 is 0 Å². The van der Waals surface area contributed by atoms with Gasteiger partial charge in [0.2, 0.25) is 5.91 Å². The Labute approximate surface area is 118 Å². The molecule has 1 rings (SSSR count). The normalized spacial score (nSPS) is 10.7. The quantitative estimate of drug-likeness (QED) is 0.619. The van der Waals surface area contributed by atoms with Crippen molar-refractivity contribution in [2.45, 2.75) is 25.8 Å². The zero-order valence-corrected chi connectivity index (χ0v) is 12.7. The maximum absolute atomic E-state index is 11.8. The van der Waals surface area contributed by atoms with E-state index in [2.05, 4.69) is 26.1 Å². The van der Waals surface area contributed by atoms with Gasteiger partial charge in [-0.05, 0) is 38.6 Å². The number of hydrogen-bond acceptors (Lipinski definition) is 2. The Balaban J connectivity index is 2.57. The van der Waals surface area contributed by atoms with Gasteiger partial charge < -0.3 is 10.2 Å². The number of rotatable bonds is 7. The Morgan fingerprint density at radius 1 is 1.28 bits per heavy atom. The van der Waals surface area contributed by atoms with Crippen molar-refractivity contribution >= 4 is 27.5 Å². The second-order valence-corrected chi connectivity index (χ2v) is 5.38. The Morgan fingerprint density at radius 2 is 2.00 bits per heavy atom. The zero-order chi connectivity index (χ0) is 13.4. The van der Waals surface area contributed by atoms with Gasteiger partial charge in [-0.2, -0.15) is 0 Å². The summed E-state index contributed by atoms with van der Waals surface area (Å²) >= 11 is 3.37. The summed E-state index contributed by atoms with van der Waals surface area (Å²) in [6.45, 7) is 0.831. The third-order valence-electron chi connectivity index (χ3n) is 2.57. The van der Waals surface area contributed by atoms with Crippen LogP contribution in [0, 0.1) is 0 Å². The Bertz CT molecular complexity index is 380. The lowest BCUT2D eigenvalue weighted by Crippen LogP contribution is -2.16. The standard InChI is InChI=1S/C14H21BrN2O/c1-17(2)11-12-7-3-4-8-13(12)16-14(18)9-5-6-10-15/h3-4,7-8H,5-6,9-11H2,1-2H3,(H,16,18). The van der Waals surface area contributed by atoms with Crippen LogP contribution in [0.15, 0.2) is 24.3 Å². The summed E-state index contributed by atoms with van der Waals surface area (Å²) in [7, 11) is 4.04. The van der Waals surface area contributed by atoms with Gasteiger partial charge in [0.15, 0.2) is 0 Å². The molecule has 0 aliphatic rings. The monoisotopic (exact) mass is 312 g/mol. The molecule has 1 amide bonds. The van der Waals surface area contributed by atoms with Crippen LogP contribution < -0.4 is 5.32 Å². The molecule has 0 heterocycles. The molecular formula is C14H21BrN2O. The Hall–Kier alpha value is -0.870. The molecule has 1 aromatic rings. The number of nitrogens with zero attached hydrogens (tertiary/aromatic N) is 1. The van der Waals surface area contributed by atoms with Crippen LogP contribution in [0.4, 0.5) is 5.69 Å². The van der Waals surface area contributed by atoms with Crippen molar-refractivity contribution in [3.63, 3.8) is 0 Å². The number of carbonyl (C=O) groups excluding carboxylic acids is 1. The van der Waals surface area contributed by atoms with Crippen LogP contribution in [0.5, 0.6) is 0 Å². The summed E-state index contributed by atoms with van der Waals surface area (Å²) in [5, 5.41) is 3.95. The fourth-order valence-electron chi connectivity index (χ4n) is 1.71. The summed E-state index contributed by atoms with van der Waals surface area (Å²) < 4.78 is 0. The minimum atomic E-state index is 0.0992. The van der Waals surface area contributed by atoms with Crippen molar-refractivity contribution in [1.29, 1.82) is 0 Å². The van der Waals surface area contributed by atoms with Crippen LogP contribution in [-0.2, 0) is 11.3 Å². The van der Waals surface area contributed by atoms with Crippen LogP contribution in [0.2, 0.25) is 0 Å². The van der Waals surface area contributed by atoms with Crippen molar-refractivity contribution in [3.8, 4) is 0 Å². The van der Waals surface area contributed by atoms with Crippen LogP contribution >= 0.6 is 15.9 Å². The summed E-state index contributed by atoms with van der Waals surface area (Å²) in [4.78, 5) is 13.9. The molecule has 0 aromatic heterocycles. The minimum Gasteiger partial charge on any atom is -0.326 e. The van der Waals surface area contributed by atoms with Gasteiger partial charge in [0.25, 0.3) is 0 Å². The summed E-state index contributed by atoms with van der Waals surface area (Å²) in [6.07, 6.45) is 2.54. The van der Waals surface area contributed by atoms with Gasteiger partial charge in [0.1, 0.15) is 0 Å². The third kappa shape index (κ3) is 5.65. The molecule has 0 fully saturated rings. The maximum Gasteiger partial charge on any atom is 0.224 e. The van der Waals surface area contributed by atoms with Crippen molar-refractivity contribution in [2.75, 3.05) is 24.7 Å². The molecule has 0 atom stereocenters. The molecule has 0 radical (unpaired) electrons. The minimum absolute atomic E-state index is 0.0992. The highest BCUT2D eigenvalue weighted by Crippen LogP contribution is 2.16. The van der Waals surface area contributed by atoms with E-state index >= 15 is 0 Å². The highest BCUT2D eigenvalue weighted by molar-refractivity contribution is 9.09. The summed E-state index contributed by atoms with van der Waals surface area (Å²) in [5.74, 6) is 0.0992. The Kier molecular flexibility index (Phi) is 6.98. The Morgan fingerprint density at radius 3 is 2.67 bits per heavy atom. The van der Waals surface area contributed by atoms with Crippen molar-refractivity contribution in [1.82, 2.24) is 4.90 Å². The predicted octanol–water partition coefficient (Wildman–Crippen LogP) is 3.25. The number of amides is 1. The molecule has 1 N–H and O–H groups in total. The van der Waals surface area contributed by atoms with Crippen LogP contribution in [-0.4, -0.2) is 30.2 Å². The van der Waals surface area contributed by atoms with E-state index in [0.717, 1.165) is 36.0 Å². The number of hydrogen-bond donors (Lipinski definition) is 1. The molecule has 0 saturated heterocycles. The number of halogens is 1. The molecule has 0 aliphatic carbocycles. The van der Waals surface area contributed by atoms with Gasteiger partial charge in [0.05, 0.1) is 0 Å². The first-order chi connectivity index (χ1) is 8.63. The molecule has 0 unspecified atom stereocenters. The van der Waals surface area contributed by atoms with E-state index in [1.165, 1.54) is 0 Å². The van der Waals surface area contributed by atoms with E-state index in [9.17, 15) is 4.79 Å². The fourth-order valence-corrected chi connectivity index (χ4v) is 2.11. The van der Waals surface area contributed by atoms with Crippen LogP contribution in [0.3, 0.4) is 0 Å². The van der Waals surface area contributed by atoms with Gasteiger partial charge in [-0.3, -0.25) is 4.79 Å². The number of benzene rings is 1.